The third-order valence-electron chi connectivity index (χ3n) is 4.68. The molecule has 1 saturated heterocycles. The van der Waals surface area contributed by atoms with Crippen LogP contribution < -0.4 is 0 Å². The lowest BCUT2D eigenvalue weighted by Crippen LogP contribution is -2.47. The molecular formula is C15H22O2. The Hall–Kier alpha value is -0.600. The standard InChI is InChI=1S/C15H22O2/c1-14(2)7-4-8-15(3)13(14)6-5-11-9-16-10-12(11)17-15/h4-5,7,12-13H,6,8-10H2,1-3H3/t12-,13-,15-/m0/s1. The fourth-order valence-corrected chi connectivity index (χ4v) is 3.70. The van der Waals surface area contributed by atoms with E-state index in [2.05, 4.69) is 39.0 Å². The Kier molecular flexibility index (Phi) is 2.50. The van der Waals surface area contributed by atoms with E-state index in [1.54, 1.807) is 0 Å². The van der Waals surface area contributed by atoms with Crippen molar-refractivity contribution in [3.63, 3.8) is 0 Å². The molecule has 1 fully saturated rings. The first-order valence-electron chi connectivity index (χ1n) is 6.63. The van der Waals surface area contributed by atoms with Crippen molar-refractivity contribution in [1.82, 2.24) is 0 Å². The Bertz CT molecular complexity index is 380. The summed E-state index contributed by atoms with van der Waals surface area (Å²) in [4.78, 5) is 0. The van der Waals surface area contributed by atoms with E-state index in [-0.39, 0.29) is 17.1 Å². The molecule has 0 aromatic carbocycles. The van der Waals surface area contributed by atoms with Gasteiger partial charge in [-0.05, 0) is 36.7 Å². The van der Waals surface area contributed by atoms with Gasteiger partial charge in [-0.25, -0.2) is 0 Å². The van der Waals surface area contributed by atoms with Gasteiger partial charge in [-0.15, -0.1) is 0 Å². The lowest BCUT2D eigenvalue weighted by atomic mass is 9.64. The molecule has 2 nitrogen and oxygen atoms in total. The molecule has 0 spiro atoms. The normalized spacial score (nSPS) is 43.6. The van der Waals surface area contributed by atoms with Crippen LogP contribution in [0.25, 0.3) is 0 Å². The maximum atomic E-state index is 6.42. The number of hydrogen-bond donors (Lipinski definition) is 0. The minimum absolute atomic E-state index is 0.0329. The van der Waals surface area contributed by atoms with Gasteiger partial charge < -0.3 is 9.47 Å². The molecule has 0 amide bonds. The Balaban J connectivity index is 1.96. The van der Waals surface area contributed by atoms with Gasteiger partial charge in [-0.3, -0.25) is 0 Å². The highest BCUT2D eigenvalue weighted by Crippen LogP contribution is 2.49. The van der Waals surface area contributed by atoms with Crippen molar-refractivity contribution in [3.8, 4) is 0 Å². The van der Waals surface area contributed by atoms with Crippen LogP contribution in [0.1, 0.15) is 33.6 Å². The number of allylic oxidation sites excluding steroid dienone is 2. The van der Waals surface area contributed by atoms with Crippen molar-refractivity contribution in [1.29, 1.82) is 0 Å². The molecule has 0 aromatic heterocycles. The maximum Gasteiger partial charge on any atom is 0.105 e. The van der Waals surface area contributed by atoms with Crippen molar-refractivity contribution >= 4 is 0 Å². The summed E-state index contributed by atoms with van der Waals surface area (Å²) in [6, 6.07) is 0. The molecule has 2 aliphatic heterocycles. The predicted octanol–water partition coefficient (Wildman–Crippen LogP) is 3.09. The van der Waals surface area contributed by atoms with Crippen LogP contribution in [-0.2, 0) is 9.47 Å². The molecule has 0 radical (unpaired) electrons. The van der Waals surface area contributed by atoms with Crippen LogP contribution >= 0.6 is 0 Å². The van der Waals surface area contributed by atoms with E-state index in [0.717, 1.165) is 26.1 Å². The van der Waals surface area contributed by atoms with Gasteiger partial charge in [0.2, 0.25) is 0 Å². The van der Waals surface area contributed by atoms with Crippen LogP contribution in [0.2, 0.25) is 0 Å². The van der Waals surface area contributed by atoms with E-state index in [4.69, 9.17) is 9.47 Å². The topological polar surface area (TPSA) is 18.5 Å². The number of rotatable bonds is 0. The summed E-state index contributed by atoms with van der Waals surface area (Å²) < 4.78 is 11.9. The Morgan fingerprint density at radius 2 is 2.12 bits per heavy atom. The first-order valence-corrected chi connectivity index (χ1v) is 6.63. The van der Waals surface area contributed by atoms with Gasteiger partial charge >= 0.3 is 0 Å². The van der Waals surface area contributed by atoms with E-state index in [0.29, 0.717) is 5.92 Å². The van der Waals surface area contributed by atoms with Gasteiger partial charge in [0.15, 0.2) is 0 Å². The van der Waals surface area contributed by atoms with Crippen LogP contribution in [0.3, 0.4) is 0 Å². The molecule has 17 heavy (non-hydrogen) atoms. The Morgan fingerprint density at radius 1 is 1.29 bits per heavy atom. The molecule has 3 atom stereocenters. The number of ether oxygens (including phenoxy) is 2. The van der Waals surface area contributed by atoms with Gasteiger partial charge in [0.05, 0.1) is 18.8 Å². The molecule has 3 rings (SSSR count). The molecule has 0 N–H and O–H groups in total. The van der Waals surface area contributed by atoms with Gasteiger partial charge in [0.1, 0.15) is 6.10 Å². The molecule has 94 valence electrons. The molecule has 2 heteroatoms. The smallest absolute Gasteiger partial charge is 0.105 e. The van der Waals surface area contributed by atoms with Crippen LogP contribution in [0, 0.1) is 11.3 Å². The fraction of sp³-hybridized carbons (Fsp3) is 0.733. The number of hydrogen-bond acceptors (Lipinski definition) is 2. The van der Waals surface area contributed by atoms with E-state index in [1.807, 2.05) is 0 Å². The zero-order valence-corrected chi connectivity index (χ0v) is 11.0. The second kappa shape index (κ2) is 3.69. The van der Waals surface area contributed by atoms with E-state index >= 15 is 0 Å². The lowest BCUT2D eigenvalue weighted by molar-refractivity contribution is -0.126. The van der Waals surface area contributed by atoms with Crippen LogP contribution in [0.15, 0.2) is 23.8 Å². The monoisotopic (exact) mass is 234 g/mol. The SMILES string of the molecule is CC1(C)C=CC[C@]2(C)O[C@H]3COCC3=CC[C@@H]12. The maximum absolute atomic E-state index is 6.42. The zero-order chi connectivity index (χ0) is 12.1. The number of fused-ring (bicyclic) bond motifs is 2. The second-order valence-electron chi connectivity index (χ2n) is 6.43. The molecule has 3 aliphatic rings. The van der Waals surface area contributed by atoms with Crippen LogP contribution in [0.4, 0.5) is 0 Å². The average Bonchev–Trinajstić information content (AvgIpc) is 2.58. The molecule has 0 bridgehead atoms. The van der Waals surface area contributed by atoms with Crippen LogP contribution in [-0.4, -0.2) is 24.9 Å². The fourth-order valence-electron chi connectivity index (χ4n) is 3.70. The molecule has 1 aliphatic carbocycles. The average molecular weight is 234 g/mol. The third kappa shape index (κ3) is 1.78. The van der Waals surface area contributed by atoms with Gasteiger partial charge in [-0.1, -0.05) is 32.1 Å². The zero-order valence-electron chi connectivity index (χ0n) is 11.0. The van der Waals surface area contributed by atoms with Gasteiger partial charge in [0.25, 0.3) is 0 Å². The van der Waals surface area contributed by atoms with Gasteiger partial charge in [-0.2, -0.15) is 0 Å². The third-order valence-corrected chi connectivity index (χ3v) is 4.68. The summed E-state index contributed by atoms with van der Waals surface area (Å²) in [5.41, 5.74) is 1.55. The van der Waals surface area contributed by atoms with E-state index in [1.165, 1.54) is 5.57 Å². The summed E-state index contributed by atoms with van der Waals surface area (Å²) in [6.45, 7) is 8.42. The second-order valence-corrected chi connectivity index (χ2v) is 6.43. The summed E-state index contributed by atoms with van der Waals surface area (Å²) in [5, 5.41) is 0. The minimum Gasteiger partial charge on any atom is -0.374 e. The summed E-state index contributed by atoms with van der Waals surface area (Å²) in [7, 11) is 0. The van der Waals surface area contributed by atoms with Crippen molar-refractivity contribution in [3.05, 3.63) is 23.8 Å². The largest absolute Gasteiger partial charge is 0.374 e. The van der Waals surface area contributed by atoms with Crippen molar-refractivity contribution < 1.29 is 9.47 Å². The first-order chi connectivity index (χ1) is 8.01. The Labute approximate surface area is 104 Å². The van der Waals surface area contributed by atoms with Crippen LogP contribution in [0.5, 0.6) is 0 Å². The van der Waals surface area contributed by atoms with Crippen molar-refractivity contribution in [2.45, 2.75) is 45.3 Å². The predicted molar refractivity (Wildman–Crippen MR) is 67.8 cm³/mol. The highest BCUT2D eigenvalue weighted by atomic mass is 16.6. The van der Waals surface area contributed by atoms with Gasteiger partial charge in [0, 0.05) is 0 Å². The first kappa shape index (κ1) is 11.5. The molecule has 0 saturated carbocycles. The summed E-state index contributed by atoms with van der Waals surface area (Å²) >= 11 is 0. The van der Waals surface area contributed by atoms with E-state index in [9.17, 15) is 0 Å². The van der Waals surface area contributed by atoms with Crippen molar-refractivity contribution in [2.75, 3.05) is 13.2 Å². The Morgan fingerprint density at radius 3 is 2.94 bits per heavy atom. The summed E-state index contributed by atoms with van der Waals surface area (Å²) in [6.07, 6.45) is 9.36. The molecular weight excluding hydrogens is 212 g/mol. The molecule has 2 heterocycles. The minimum atomic E-state index is -0.0329. The highest BCUT2D eigenvalue weighted by molar-refractivity contribution is 5.21. The summed E-state index contributed by atoms with van der Waals surface area (Å²) in [5.74, 6) is 0.568. The highest BCUT2D eigenvalue weighted by Gasteiger charge is 2.48. The molecule has 0 unspecified atom stereocenters. The quantitative estimate of drug-likeness (QED) is 0.600. The van der Waals surface area contributed by atoms with E-state index < -0.39 is 0 Å². The lowest BCUT2D eigenvalue weighted by Gasteiger charge is -2.47. The van der Waals surface area contributed by atoms with Crippen molar-refractivity contribution in [2.24, 2.45) is 11.3 Å². The molecule has 0 aromatic rings.